The maximum absolute atomic E-state index is 10.7. The first-order chi connectivity index (χ1) is 18.3. The van der Waals surface area contributed by atoms with Crippen LogP contribution in [0.2, 0.25) is 0 Å². The highest BCUT2D eigenvalue weighted by atomic mass is 16.2. The average molecular weight is 533 g/mol. The summed E-state index contributed by atoms with van der Waals surface area (Å²) < 4.78 is 0. The van der Waals surface area contributed by atoms with Crippen LogP contribution < -0.4 is 16.9 Å². The van der Waals surface area contributed by atoms with E-state index in [1.807, 2.05) is 30.3 Å². The Labute approximate surface area is 228 Å². The van der Waals surface area contributed by atoms with Gasteiger partial charge < -0.3 is 30.9 Å². The fourth-order valence-corrected chi connectivity index (χ4v) is 3.56. The molecule has 10 nitrogen and oxygen atoms in total. The molecule has 0 aromatic carbocycles. The Morgan fingerprint density at radius 1 is 1.13 bits per heavy atom. The van der Waals surface area contributed by atoms with Crippen LogP contribution in [-0.4, -0.2) is 73.3 Å². The molecular weight excluding hydrogens is 484 g/mol. The Balaban J connectivity index is 0. The van der Waals surface area contributed by atoms with E-state index in [9.17, 15) is 9.59 Å². The number of unbranched alkanes of at least 4 members (excludes halogenated alkanes) is 1. The topological polar surface area (TPSA) is 155 Å². The Bertz CT molecular complexity index is 897. The second-order valence-corrected chi connectivity index (χ2v) is 8.26. The van der Waals surface area contributed by atoms with E-state index in [0.717, 1.165) is 81.6 Å². The number of allylic oxidation sites excluding steroid dienone is 3. The van der Waals surface area contributed by atoms with Crippen LogP contribution in [0.3, 0.4) is 0 Å². The highest BCUT2D eigenvalue weighted by molar-refractivity contribution is 5.66. The first-order valence-electron chi connectivity index (χ1n) is 12.8. The number of likely N-dealkylation sites (N-methyl/N-ethyl adjacent to an activating group) is 2. The van der Waals surface area contributed by atoms with Crippen molar-refractivity contribution < 1.29 is 19.5 Å². The highest BCUT2D eigenvalue weighted by Gasteiger charge is 2.14. The lowest BCUT2D eigenvalue weighted by atomic mass is 10.0. The Morgan fingerprint density at radius 3 is 2.32 bits per heavy atom. The number of nitrogens with zero attached hydrogens (tertiary/aromatic N) is 3. The van der Waals surface area contributed by atoms with E-state index in [0.29, 0.717) is 24.5 Å². The highest BCUT2D eigenvalue weighted by Crippen LogP contribution is 2.19. The van der Waals surface area contributed by atoms with Gasteiger partial charge in [-0.25, -0.2) is 5.84 Å². The van der Waals surface area contributed by atoms with Gasteiger partial charge >= 0.3 is 0 Å². The van der Waals surface area contributed by atoms with Crippen molar-refractivity contribution in [1.82, 2.24) is 20.2 Å². The third-order valence-electron chi connectivity index (χ3n) is 5.23. The van der Waals surface area contributed by atoms with E-state index in [4.69, 9.17) is 26.5 Å². The maximum atomic E-state index is 10.7. The number of aromatic nitrogens is 1. The van der Waals surface area contributed by atoms with Crippen LogP contribution >= 0.6 is 0 Å². The number of carbonyl (C=O) groups excluding carboxylic acids is 3. The summed E-state index contributed by atoms with van der Waals surface area (Å²) in [5.74, 6) is 6.13. The van der Waals surface area contributed by atoms with Crippen LogP contribution in [0.5, 0.6) is 0 Å². The van der Waals surface area contributed by atoms with Gasteiger partial charge in [0.05, 0.1) is 23.6 Å². The predicted octanol–water partition coefficient (Wildman–Crippen LogP) is 2.33. The van der Waals surface area contributed by atoms with E-state index >= 15 is 0 Å². The lowest BCUT2D eigenvalue weighted by Gasteiger charge is -2.25. The molecule has 10 heteroatoms. The largest absolute Gasteiger partial charge is 0.400 e. The fraction of sp³-hybridized carbons (Fsp3) is 0.500. The molecule has 1 heterocycles. The molecule has 0 bridgehead atoms. The van der Waals surface area contributed by atoms with Crippen LogP contribution in [-0.2, 0) is 27.2 Å². The minimum absolute atomic E-state index is 0.496. The lowest BCUT2D eigenvalue weighted by molar-refractivity contribution is -0.109. The summed E-state index contributed by atoms with van der Waals surface area (Å²) in [7, 11) is 4.72. The van der Waals surface area contributed by atoms with E-state index < -0.39 is 0 Å². The van der Waals surface area contributed by atoms with Gasteiger partial charge in [0.2, 0.25) is 6.41 Å². The van der Waals surface area contributed by atoms with Gasteiger partial charge in [-0.2, -0.15) is 0 Å². The molecule has 38 heavy (non-hydrogen) atoms. The van der Waals surface area contributed by atoms with Crippen molar-refractivity contribution in [2.24, 2.45) is 11.6 Å². The molecule has 1 rings (SSSR count). The van der Waals surface area contributed by atoms with Gasteiger partial charge in [0.1, 0.15) is 12.6 Å². The standard InChI is InChI=1S/C25H40N6O2.C2H4O.CH4O/c1-5-10-20(11-9-16-32)17-30(3)18-24(31(4)27)25(26)23-14-13-21(22(6-2)29-23)12-7-8-15-28-19-33;1-2-3;1-2/h9,11,13-14,16-17,19H,5-8,10,12,15,18,26-27H2,1-4H3,(H,28,33);2H,1H3;2H,1H3/b11-9-,20-17-,25-24-;;. The number of hydrogen-bond donors (Lipinski definition) is 4. The molecule has 0 aliphatic carbocycles. The molecule has 0 fully saturated rings. The lowest BCUT2D eigenvalue weighted by Crippen LogP contribution is -2.33. The van der Waals surface area contributed by atoms with E-state index in [-0.39, 0.29) is 0 Å². The average Bonchev–Trinajstić information content (AvgIpc) is 2.91. The summed E-state index contributed by atoms with van der Waals surface area (Å²) in [4.78, 5) is 36.7. The summed E-state index contributed by atoms with van der Waals surface area (Å²) in [5.41, 5.74) is 11.8. The number of hydrazine groups is 1. The first-order valence-corrected chi connectivity index (χ1v) is 12.8. The summed E-state index contributed by atoms with van der Waals surface area (Å²) in [6.07, 6.45) is 13.1. The molecule has 0 aliphatic heterocycles. The number of aliphatic hydroxyl groups excluding tert-OH is 1. The first kappa shape index (κ1) is 36.7. The van der Waals surface area contributed by atoms with Crippen LogP contribution in [0.4, 0.5) is 0 Å². The number of hydrogen-bond acceptors (Lipinski definition) is 9. The van der Waals surface area contributed by atoms with Crippen molar-refractivity contribution >= 4 is 24.7 Å². The number of aryl methyl sites for hydroxylation is 2. The third-order valence-corrected chi connectivity index (χ3v) is 5.23. The molecule has 0 spiro atoms. The van der Waals surface area contributed by atoms with Gasteiger partial charge in [0.25, 0.3) is 0 Å². The Morgan fingerprint density at radius 2 is 1.79 bits per heavy atom. The van der Waals surface area contributed by atoms with Crippen molar-refractivity contribution in [2.45, 2.75) is 59.3 Å². The smallest absolute Gasteiger partial charge is 0.207 e. The zero-order valence-corrected chi connectivity index (χ0v) is 23.9. The minimum Gasteiger partial charge on any atom is -0.400 e. The molecule has 0 aliphatic rings. The molecule has 1 amide bonds. The molecule has 1 aromatic heterocycles. The van der Waals surface area contributed by atoms with Crippen LogP contribution in [0.1, 0.15) is 63.4 Å². The molecule has 214 valence electrons. The van der Waals surface area contributed by atoms with Gasteiger partial charge in [-0.15, -0.1) is 0 Å². The van der Waals surface area contributed by atoms with Crippen molar-refractivity contribution in [3.63, 3.8) is 0 Å². The van der Waals surface area contributed by atoms with Crippen molar-refractivity contribution in [1.29, 1.82) is 0 Å². The number of rotatable bonds is 16. The fourth-order valence-electron chi connectivity index (χ4n) is 3.56. The van der Waals surface area contributed by atoms with Crippen molar-refractivity contribution in [3.8, 4) is 0 Å². The van der Waals surface area contributed by atoms with Gasteiger partial charge in [-0.1, -0.05) is 32.4 Å². The number of nitrogens with one attached hydrogen (secondary N) is 1. The molecule has 0 radical (unpaired) electrons. The molecule has 6 N–H and O–H groups in total. The number of aldehydes is 2. The number of nitrogens with two attached hydrogens (primary N) is 2. The number of pyridine rings is 1. The molecule has 1 aromatic rings. The molecule has 0 unspecified atom stereocenters. The zero-order valence-electron chi connectivity index (χ0n) is 23.9. The maximum Gasteiger partial charge on any atom is 0.207 e. The number of amides is 1. The summed E-state index contributed by atoms with van der Waals surface area (Å²) >= 11 is 0. The zero-order chi connectivity index (χ0) is 29.3. The van der Waals surface area contributed by atoms with Crippen molar-refractivity contribution in [3.05, 3.63) is 58.7 Å². The van der Waals surface area contributed by atoms with Gasteiger partial charge in [0, 0.05) is 39.6 Å². The van der Waals surface area contributed by atoms with Crippen molar-refractivity contribution in [2.75, 3.05) is 34.3 Å². The van der Waals surface area contributed by atoms with E-state index in [2.05, 4.69) is 25.2 Å². The van der Waals surface area contributed by atoms with Gasteiger partial charge in [-0.05, 0) is 62.3 Å². The normalized spacial score (nSPS) is 11.3. The predicted molar refractivity (Wildman–Crippen MR) is 154 cm³/mol. The minimum atomic E-state index is 0.496. The van der Waals surface area contributed by atoms with Crippen LogP contribution in [0.15, 0.2) is 41.8 Å². The second kappa shape index (κ2) is 23.9. The van der Waals surface area contributed by atoms with Crippen LogP contribution in [0, 0.1) is 0 Å². The quantitative estimate of drug-likeness (QED) is 0.0627. The third kappa shape index (κ3) is 15.6. The molecule has 0 saturated heterocycles. The number of carbonyl (C=O) groups is 3. The molecule has 0 saturated carbocycles. The number of aliphatic hydroxyl groups is 1. The molecular formula is C28H48N6O4. The Hall–Kier alpha value is -3.50. The summed E-state index contributed by atoms with van der Waals surface area (Å²) in [6, 6.07) is 4.03. The van der Waals surface area contributed by atoms with Crippen LogP contribution in [0.25, 0.3) is 5.70 Å². The summed E-state index contributed by atoms with van der Waals surface area (Å²) in [5, 5.41) is 11.2. The van der Waals surface area contributed by atoms with Gasteiger partial charge in [0.15, 0.2) is 0 Å². The SMILES string of the molecule is CC=O.CCCC(/C=C\C=O)=C/N(C)C/C(=C(/N)c1ccc(CCCCNC=O)c(CC)n1)N(C)N.CO. The van der Waals surface area contributed by atoms with Gasteiger partial charge in [-0.3, -0.25) is 14.6 Å². The van der Waals surface area contributed by atoms with E-state index in [1.165, 1.54) is 23.6 Å². The Kier molecular flexibility index (Phi) is 23.0. The van der Waals surface area contributed by atoms with E-state index in [1.54, 1.807) is 7.05 Å². The monoisotopic (exact) mass is 532 g/mol. The summed E-state index contributed by atoms with van der Waals surface area (Å²) in [6.45, 7) is 6.81. The second-order valence-electron chi connectivity index (χ2n) is 8.26. The molecule has 0 atom stereocenters.